The van der Waals surface area contributed by atoms with Crippen molar-refractivity contribution in [1.29, 1.82) is 0 Å². The standard InChI is InChI=1S/C29H23BrN2O4/c1-16-7-10-19(11-8-16)32-28(34)23-24(29(32)35)26(27(33)18-9-12-22(36-2)21(30)15-18)31-14-13-17-5-3-4-6-20(17)25(23)31/h3-15,23-26H,1-2H3/t23-,24+,25+,26-/m0/s1. The number of Topliss-reactive ketones (excluding diaryl/α,β-unsaturated/α-hetero) is 1. The minimum atomic E-state index is -0.809. The Kier molecular flexibility index (Phi) is 5.34. The minimum absolute atomic E-state index is 0.202. The van der Waals surface area contributed by atoms with Crippen LogP contribution in [0.15, 0.2) is 77.4 Å². The van der Waals surface area contributed by atoms with E-state index in [1.165, 1.54) is 4.90 Å². The molecule has 0 saturated carbocycles. The number of methoxy groups -OCH3 is 1. The Bertz CT molecular complexity index is 1450. The van der Waals surface area contributed by atoms with E-state index in [4.69, 9.17) is 4.74 Å². The molecule has 0 aromatic heterocycles. The zero-order chi connectivity index (χ0) is 25.1. The first kappa shape index (κ1) is 22.7. The fourth-order valence-corrected chi connectivity index (χ4v) is 6.34. The minimum Gasteiger partial charge on any atom is -0.496 e. The number of imide groups is 1. The summed E-state index contributed by atoms with van der Waals surface area (Å²) in [5.41, 5.74) is 3.97. The van der Waals surface area contributed by atoms with Crippen molar-refractivity contribution in [3.8, 4) is 5.75 Å². The molecule has 3 heterocycles. The van der Waals surface area contributed by atoms with Gasteiger partial charge in [0.2, 0.25) is 11.8 Å². The van der Waals surface area contributed by atoms with Crippen molar-refractivity contribution in [1.82, 2.24) is 4.90 Å². The first-order valence-corrected chi connectivity index (χ1v) is 12.6. The number of halogens is 1. The van der Waals surface area contributed by atoms with Crippen molar-refractivity contribution in [3.63, 3.8) is 0 Å². The maximum absolute atomic E-state index is 14.0. The highest BCUT2D eigenvalue weighted by Gasteiger charge is 2.64. The summed E-state index contributed by atoms with van der Waals surface area (Å²) in [6, 6.07) is 19.1. The highest BCUT2D eigenvalue weighted by atomic mass is 79.9. The van der Waals surface area contributed by atoms with Gasteiger partial charge in [0.1, 0.15) is 11.8 Å². The number of ether oxygens (including phenoxy) is 1. The van der Waals surface area contributed by atoms with E-state index in [1.807, 2.05) is 60.5 Å². The highest BCUT2D eigenvalue weighted by Crippen LogP contribution is 2.53. The topological polar surface area (TPSA) is 66.9 Å². The first-order chi connectivity index (χ1) is 17.4. The lowest BCUT2D eigenvalue weighted by Gasteiger charge is -2.35. The summed E-state index contributed by atoms with van der Waals surface area (Å²) in [4.78, 5) is 45.1. The van der Waals surface area contributed by atoms with Crippen molar-refractivity contribution in [2.75, 3.05) is 12.0 Å². The number of anilines is 1. The lowest BCUT2D eigenvalue weighted by Crippen LogP contribution is -2.44. The Labute approximate surface area is 217 Å². The molecule has 3 aromatic carbocycles. The average molecular weight is 543 g/mol. The predicted molar refractivity (Wildman–Crippen MR) is 140 cm³/mol. The third-order valence-corrected chi connectivity index (χ3v) is 8.08. The van der Waals surface area contributed by atoms with Gasteiger partial charge in [-0.15, -0.1) is 0 Å². The molecule has 3 aliphatic rings. The second-order valence-corrected chi connectivity index (χ2v) is 10.2. The largest absolute Gasteiger partial charge is 0.496 e. The van der Waals surface area contributed by atoms with Gasteiger partial charge in [0.05, 0.1) is 35.1 Å². The second-order valence-electron chi connectivity index (χ2n) is 9.39. The van der Waals surface area contributed by atoms with E-state index in [2.05, 4.69) is 15.9 Å². The van der Waals surface area contributed by atoms with Gasteiger partial charge in [0.15, 0.2) is 5.78 Å². The Morgan fingerprint density at radius 2 is 1.67 bits per heavy atom. The number of carbonyl (C=O) groups is 3. The van der Waals surface area contributed by atoms with Crippen LogP contribution in [0.2, 0.25) is 0 Å². The average Bonchev–Trinajstić information content (AvgIpc) is 3.36. The molecule has 2 fully saturated rings. The van der Waals surface area contributed by atoms with Gasteiger partial charge in [-0.1, -0.05) is 42.0 Å². The van der Waals surface area contributed by atoms with E-state index in [0.717, 1.165) is 16.7 Å². The number of benzene rings is 3. The smallest absolute Gasteiger partial charge is 0.240 e. The van der Waals surface area contributed by atoms with Gasteiger partial charge in [-0.05, 0) is 70.4 Å². The summed E-state index contributed by atoms with van der Waals surface area (Å²) in [5, 5.41) is 0. The molecule has 7 heteroatoms. The van der Waals surface area contributed by atoms with E-state index in [-0.39, 0.29) is 17.6 Å². The Morgan fingerprint density at radius 1 is 0.944 bits per heavy atom. The number of ketones is 1. The lowest BCUT2D eigenvalue weighted by molar-refractivity contribution is -0.123. The molecule has 0 unspecified atom stereocenters. The molecule has 0 aliphatic carbocycles. The Hall–Kier alpha value is -3.71. The molecule has 3 aromatic rings. The van der Waals surface area contributed by atoms with Crippen molar-refractivity contribution in [2.24, 2.45) is 11.8 Å². The zero-order valence-corrected chi connectivity index (χ0v) is 21.3. The number of hydrogen-bond donors (Lipinski definition) is 0. The van der Waals surface area contributed by atoms with E-state index >= 15 is 0 Å². The maximum atomic E-state index is 14.0. The molecule has 180 valence electrons. The summed E-state index contributed by atoms with van der Waals surface area (Å²) in [6.07, 6.45) is 3.81. The van der Waals surface area contributed by atoms with Crippen LogP contribution in [0.5, 0.6) is 5.75 Å². The molecule has 6 nitrogen and oxygen atoms in total. The summed E-state index contributed by atoms with van der Waals surface area (Å²) in [5.74, 6) is -1.65. The van der Waals surface area contributed by atoms with Crippen LogP contribution < -0.4 is 9.64 Å². The number of aryl methyl sites for hydroxylation is 1. The molecule has 4 atom stereocenters. The highest BCUT2D eigenvalue weighted by molar-refractivity contribution is 9.10. The van der Waals surface area contributed by atoms with Crippen molar-refractivity contribution in [2.45, 2.75) is 19.0 Å². The van der Waals surface area contributed by atoms with Gasteiger partial charge in [-0.3, -0.25) is 14.4 Å². The van der Waals surface area contributed by atoms with Gasteiger partial charge in [0, 0.05) is 11.8 Å². The van der Waals surface area contributed by atoms with Crippen LogP contribution in [0.25, 0.3) is 6.08 Å². The van der Waals surface area contributed by atoms with Crippen molar-refractivity contribution >= 4 is 45.3 Å². The van der Waals surface area contributed by atoms with E-state index < -0.39 is 23.9 Å². The van der Waals surface area contributed by atoms with Gasteiger partial charge in [-0.2, -0.15) is 0 Å². The molecule has 0 radical (unpaired) electrons. The monoisotopic (exact) mass is 542 g/mol. The molecule has 0 spiro atoms. The van der Waals surface area contributed by atoms with Crippen LogP contribution in [0.1, 0.15) is 33.1 Å². The zero-order valence-electron chi connectivity index (χ0n) is 19.7. The number of fused-ring (bicyclic) bond motifs is 5. The SMILES string of the molecule is COc1ccc(C(=O)[C@@H]2[C@@H]3C(=O)N(c4ccc(C)cc4)C(=O)[C@@H]3[C@H]3c4ccccc4C=CN23)cc1Br. The number of carbonyl (C=O) groups excluding carboxylic acids is 3. The van der Waals surface area contributed by atoms with Crippen LogP contribution in [-0.2, 0) is 9.59 Å². The van der Waals surface area contributed by atoms with E-state index in [9.17, 15) is 14.4 Å². The normalized spacial score (nSPS) is 24.0. The number of rotatable bonds is 4. The van der Waals surface area contributed by atoms with Gasteiger partial charge >= 0.3 is 0 Å². The molecule has 3 aliphatic heterocycles. The van der Waals surface area contributed by atoms with E-state index in [1.54, 1.807) is 37.4 Å². The van der Waals surface area contributed by atoms with Gasteiger partial charge < -0.3 is 9.64 Å². The van der Waals surface area contributed by atoms with Crippen molar-refractivity contribution in [3.05, 3.63) is 99.7 Å². The predicted octanol–water partition coefficient (Wildman–Crippen LogP) is 5.16. The third kappa shape index (κ3) is 3.26. The van der Waals surface area contributed by atoms with Crippen LogP contribution in [0, 0.1) is 18.8 Å². The molecule has 36 heavy (non-hydrogen) atoms. The van der Waals surface area contributed by atoms with Gasteiger partial charge in [0.25, 0.3) is 0 Å². The summed E-state index contributed by atoms with van der Waals surface area (Å²) in [7, 11) is 1.56. The van der Waals surface area contributed by atoms with Crippen molar-refractivity contribution < 1.29 is 19.1 Å². The molecule has 0 N–H and O–H groups in total. The summed E-state index contributed by atoms with van der Waals surface area (Å²) in [6.45, 7) is 1.96. The molecular formula is C29H23BrN2O4. The number of nitrogens with zero attached hydrogens (tertiary/aromatic N) is 2. The summed E-state index contributed by atoms with van der Waals surface area (Å²) < 4.78 is 5.97. The van der Waals surface area contributed by atoms with Crippen LogP contribution in [0.3, 0.4) is 0 Å². The molecule has 0 bridgehead atoms. The first-order valence-electron chi connectivity index (χ1n) is 11.8. The molecule has 2 saturated heterocycles. The summed E-state index contributed by atoms with van der Waals surface area (Å²) >= 11 is 3.46. The second kappa shape index (κ2) is 8.45. The quantitative estimate of drug-likeness (QED) is 0.336. The lowest BCUT2D eigenvalue weighted by atomic mass is 9.83. The molecular weight excluding hydrogens is 520 g/mol. The van der Waals surface area contributed by atoms with Gasteiger partial charge in [-0.25, -0.2) is 4.90 Å². The van der Waals surface area contributed by atoms with E-state index in [0.29, 0.717) is 21.5 Å². The Balaban J connectivity index is 1.48. The fourth-order valence-electron chi connectivity index (χ4n) is 5.80. The van der Waals surface area contributed by atoms with Crippen LogP contribution in [-0.4, -0.2) is 35.6 Å². The number of amides is 2. The molecule has 6 rings (SSSR count). The fraction of sp³-hybridized carbons (Fsp3) is 0.207. The number of hydrogen-bond acceptors (Lipinski definition) is 5. The molecule has 2 amide bonds. The third-order valence-electron chi connectivity index (χ3n) is 7.46. The maximum Gasteiger partial charge on any atom is 0.240 e. The van der Waals surface area contributed by atoms with Crippen LogP contribution >= 0.6 is 15.9 Å². The Morgan fingerprint density at radius 3 is 2.39 bits per heavy atom. The van der Waals surface area contributed by atoms with Crippen LogP contribution in [0.4, 0.5) is 5.69 Å².